The SMILES string of the molecule is Cc1ccc(C(=O)NNC(=O)Cc2ccc(F)cc2)cc1NC(=O)c1ccccc1F. The van der Waals surface area contributed by atoms with Gasteiger partial charge in [0.15, 0.2) is 0 Å². The molecular formula is C23H19F2N3O3. The Bertz CT molecular complexity index is 1130. The molecule has 8 heteroatoms. The Kier molecular flexibility index (Phi) is 6.71. The summed E-state index contributed by atoms with van der Waals surface area (Å²) in [7, 11) is 0. The van der Waals surface area contributed by atoms with Gasteiger partial charge < -0.3 is 5.32 Å². The summed E-state index contributed by atoms with van der Waals surface area (Å²) in [5.74, 6) is -2.80. The summed E-state index contributed by atoms with van der Waals surface area (Å²) in [5.41, 5.74) is 6.21. The van der Waals surface area contributed by atoms with Crippen LogP contribution in [-0.4, -0.2) is 17.7 Å². The molecule has 0 saturated carbocycles. The van der Waals surface area contributed by atoms with E-state index in [1.165, 1.54) is 54.6 Å². The summed E-state index contributed by atoms with van der Waals surface area (Å²) in [6, 6.07) is 15.6. The molecule has 3 aromatic rings. The summed E-state index contributed by atoms with van der Waals surface area (Å²) >= 11 is 0. The second-order valence-corrected chi connectivity index (χ2v) is 6.77. The predicted molar refractivity (Wildman–Crippen MR) is 111 cm³/mol. The van der Waals surface area contributed by atoms with Gasteiger partial charge in [0.1, 0.15) is 11.6 Å². The molecule has 3 amide bonds. The van der Waals surface area contributed by atoms with Crippen LogP contribution in [0.15, 0.2) is 66.7 Å². The lowest BCUT2D eigenvalue weighted by atomic mass is 10.1. The molecule has 0 radical (unpaired) electrons. The number of halogens is 2. The first kappa shape index (κ1) is 21.6. The van der Waals surface area contributed by atoms with Crippen molar-refractivity contribution < 1.29 is 23.2 Å². The second kappa shape index (κ2) is 9.62. The van der Waals surface area contributed by atoms with E-state index in [0.29, 0.717) is 16.8 Å². The van der Waals surface area contributed by atoms with E-state index in [2.05, 4.69) is 16.2 Å². The van der Waals surface area contributed by atoms with Crippen molar-refractivity contribution >= 4 is 23.4 Å². The van der Waals surface area contributed by atoms with Crippen LogP contribution in [-0.2, 0) is 11.2 Å². The van der Waals surface area contributed by atoms with Gasteiger partial charge in [-0.15, -0.1) is 0 Å². The Hall–Kier alpha value is -4.07. The molecule has 0 fully saturated rings. The number of hydrogen-bond donors (Lipinski definition) is 3. The van der Waals surface area contributed by atoms with E-state index in [1.54, 1.807) is 19.1 Å². The standard InChI is InChI=1S/C23H19F2N3O3/c1-14-6-9-16(13-20(14)26-23(31)18-4-2-3-5-19(18)25)22(30)28-27-21(29)12-15-7-10-17(24)11-8-15/h2-11,13H,12H2,1H3,(H,26,31)(H,27,29)(H,28,30). The van der Waals surface area contributed by atoms with Crippen molar-refractivity contribution in [3.8, 4) is 0 Å². The fraction of sp³-hybridized carbons (Fsp3) is 0.0870. The van der Waals surface area contributed by atoms with Gasteiger partial charge in [0.25, 0.3) is 11.8 Å². The number of anilines is 1. The lowest BCUT2D eigenvalue weighted by molar-refractivity contribution is -0.121. The molecule has 0 bridgehead atoms. The number of aryl methyl sites for hydroxylation is 1. The van der Waals surface area contributed by atoms with Crippen molar-refractivity contribution in [2.45, 2.75) is 13.3 Å². The van der Waals surface area contributed by atoms with Gasteiger partial charge in [0, 0.05) is 11.3 Å². The maximum Gasteiger partial charge on any atom is 0.269 e. The van der Waals surface area contributed by atoms with Crippen molar-refractivity contribution in [3.63, 3.8) is 0 Å². The van der Waals surface area contributed by atoms with Gasteiger partial charge in [-0.25, -0.2) is 8.78 Å². The van der Waals surface area contributed by atoms with Crippen molar-refractivity contribution in [2.24, 2.45) is 0 Å². The third-order valence-electron chi connectivity index (χ3n) is 4.46. The average molecular weight is 423 g/mol. The van der Waals surface area contributed by atoms with Crippen LogP contribution in [0.3, 0.4) is 0 Å². The Morgan fingerprint density at radius 3 is 2.26 bits per heavy atom. The molecule has 0 aliphatic rings. The lowest BCUT2D eigenvalue weighted by Crippen LogP contribution is -2.42. The van der Waals surface area contributed by atoms with Gasteiger partial charge >= 0.3 is 0 Å². The Morgan fingerprint density at radius 2 is 1.55 bits per heavy atom. The fourth-order valence-electron chi connectivity index (χ4n) is 2.76. The summed E-state index contributed by atoms with van der Waals surface area (Å²) in [6.45, 7) is 1.73. The molecule has 0 unspecified atom stereocenters. The molecule has 0 heterocycles. The monoisotopic (exact) mass is 423 g/mol. The van der Waals surface area contributed by atoms with Gasteiger partial charge in [-0.05, 0) is 54.4 Å². The highest BCUT2D eigenvalue weighted by atomic mass is 19.1. The minimum absolute atomic E-state index is 0.0432. The first-order valence-electron chi connectivity index (χ1n) is 9.33. The van der Waals surface area contributed by atoms with Crippen LogP contribution in [0.1, 0.15) is 31.8 Å². The van der Waals surface area contributed by atoms with Crippen LogP contribution >= 0.6 is 0 Å². The Balaban J connectivity index is 1.62. The second-order valence-electron chi connectivity index (χ2n) is 6.77. The van der Waals surface area contributed by atoms with E-state index in [-0.39, 0.29) is 17.5 Å². The molecular weight excluding hydrogens is 404 g/mol. The van der Waals surface area contributed by atoms with Crippen LogP contribution in [0, 0.1) is 18.6 Å². The maximum atomic E-state index is 13.8. The van der Waals surface area contributed by atoms with E-state index in [0.717, 1.165) is 0 Å². The largest absolute Gasteiger partial charge is 0.322 e. The zero-order chi connectivity index (χ0) is 22.4. The van der Waals surface area contributed by atoms with E-state index in [4.69, 9.17) is 0 Å². The third kappa shape index (κ3) is 5.72. The van der Waals surface area contributed by atoms with Crippen molar-refractivity contribution in [2.75, 3.05) is 5.32 Å². The smallest absolute Gasteiger partial charge is 0.269 e. The molecule has 3 aromatic carbocycles. The van der Waals surface area contributed by atoms with Crippen LogP contribution in [0.2, 0.25) is 0 Å². The number of amides is 3. The summed E-state index contributed by atoms with van der Waals surface area (Å²) in [5, 5.41) is 2.59. The minimum Gasteiger partial charge on any atom is -0.322 e. The molecule has 3 rings (SSSR count). The number of benzene rings is 3. The highest BCUT2D eigenvalue weighted by Crippen LogP contribution is 2.19. The number of hydrogen-bond acceptors (Lipinski definition) is 3. The van der Waals surface area contributed by atoms with Gasteiger partial charge in [0.05, 0.1) is 12.0 Å². The number of hydrazine groups is 1. The molecule has 0 atom stereocenters. The average Bonchev–Trinajstić information content (AvgIpc) is 2.75. The quantitative estimate of drug-likeness (QED) is 0.549. The molecule has 0 aromatic heterocycles. The van der Waals surface area contributed by atoms with E-state index < -0.39 is 29.4 Å². The lowest BCUT2D eigenvalue weighted by Gasteiger charge is -2.12. The van der Waals surface area contributed by atoms with E-state index in [1.807, 2.05) is 0 Å². The topological polar surface area (TPSA) is 87.3 Å². The Labute approximate surface area is 177 Å². The number of carbonyl (C=O) groups excluding carboxylic acids is 3. The number of carbonyl (C=O) groups is 3. The first-order valence-corrected chi connectivity index (χ1v) is 9.33. The van der Waals surface area contributed by atoms with Gasteiger partial charge in [-0.2, -0.15) is 0 Å². The highest BCUT2D eigenvalue weighted by molar-refractivity contribution is 6.05. The zero-order valence-corrected chi connectivity index (χ0v) is 16.5. The minimum atomic E-state index is -0.657. The molecule has 3 N–H and O–H groups in total. The van der Waals surface area contributed by atoms with Crippen molar-refractivity contribution in [1.29, 1.82) is 0 Å². The maximum absolute atomic E-state index is 13.8. The fourth-order valence-corrected chi connectivity index (χ4v) is 2.76. The molecule has 31 heavy (non-hydrogen) atoms. The number of rotatable bonds is 5. The molecule has 0 aliphatic carbocycles. The van der Waals surface area contributed by atoms with Gasteiger partial charge in [-0.3, -0.25) is 25.2 Å². The van der Waals surface area contributed by atoms with E-state index in [9.17, 15) is 23.2 Å². The van der Waals surface area contributed by atoms with Crippen molar-refractivity contribution in [3.05, 3.63) is 101 Å². The highest BCUT2D eigenvalue weighted by Gasteiger charge is 2.14. The summed E-state index contributed by atoms with van der Waals surface area (Å²) in [4.78, 5) is 36.7. The molecule has 0 spiro atoms. The van der Waals surface area contributed by atoms with Crippen LogP contribution in [0.4, 0.5) is 14.5 Å². The molecule has 6 nitrogen and oxygen atoms in total. The van der Waals surface area contributed by atoms with Crippen LogP contribution < -0.4 is 16.2 Å². The molecule has 0 aliphatic heterocycles. The third-order valence-corrected chi connectivity index (χ3v) is 4.46. The van der Waals surface area contributed by atoms with Gasteiger partial charge in [0.2, 0.25) is 5.91 Å². The number of nitrogens with one attached hydrogen (secondary N) is 3. The Morgan fingerprint density at radius 1 is 0.839 bits per heavy atom. The zero-order valence-electron chi connectivity index (χ0n) is 16.5. The predicted octanol–water partition coefficient (Wildman–Crippen LogP) is 3.53. The van der Waals surface area contributed by atoms with E-state index >= 15 is 0 Å². The normalized spacial score (nSPS) is 10.3. The van der Waals surface area contributed by atoms with Crippen LogP contribution in [0.25, 0.3) is 0 Å². The first-order chi connectivity index (χ1) is 14.8. The van der Waals surface area contributed by atoms with Crippen molar-refractivity contribution in [1.82, 2.24) is 10.9 Å². The molecule has 158 valence electrons. The summed E-state index contributed by atoms with van der Waals surface area (Å²) < 4.78 is 26.7. The van der Waals surface area contributed by atoms with Crippen LogP contribution in [0.5, 0.6) is 0 Å². The molecule has 0 saturated heterocycles. The van der Waals surface area contributed by atoms with Gasteiger partial charge in [-0.1, -0.05) is 30.3 Å². The summed E-state index contributed by atoms with van der Waals surface area (Å²) in [6.07, 6.45) is -0.0432.